The molecule has 0 aromatic carbocycles. The zero-order valence-electron chi connectivity index (χ0n) is 31.1. The van der Waals surface area contributed by atoms with Gasteiger partial charge >= 0.3 is 0 Å². The zero-order chi connectivity index (χ0) is 32.6. The molecule has 0 radical (unpaired) electrons. The fraction of sp³-hybridized carbons (Fsp3) is 0.762. The van der Waals surface area contributed by atoms with Gasteiger partial charge in [-0.2, -0.15) is 0 Å². The van der Waals surface area contributed by atoms with Crippen LogP contribution >= 0.6 is 0 Å². The highest BCUT2D eigenvalue weighted by atomic mass is 15.1. The van der Waals surface area contributed by atoms with Crippen molar-refractivity contribution in [2.45, 2.75) is 178 Å². The molecule has 252 valence electrons. The quantitative estimate of drug-likeness (QED) is 0.0790. The van der Waals surface area contributed by atoms with Crippen LogP contribution in [0, 0.1) is 11.8 Å². The summed E-state index contributed by atoms with van der Waals surface area (Å²) in [7, 11) is 0. The highest BCUT2D eigenvalue weighted by Crippen LogP contribution is 2.30. The van der Waals surface area contributed by atoms with Crippen molar-refractivity contribution in [3.8, 4) is 0 Å². The van der Waals surface area contributed by atoms with Gasteiger partial charge in [-0.3, -0.25) is 0 Å². The standard InChI is InChI=1S/C38H67N.2C2H6/c1-7-11-14-16-26-38(10-4)35(6)23-20-33-39(31-13-9-3)32-18-17-24-36-27-29-37(30-28-36)25-19-22-34(5)21-15-12-8-2;2*1-2/h8,12,14,16,22,29,36,38H,6-7,9-11,13,15,17-21,23-28,30-33H2,1-5H3;2*1-2H3/b12-8+,16-14+,34-22+;;. The molecule has 2 atom stereocenters. The van der Waals surface area contributed by atoms with E-state index in [2.05, 4.69) is 82.6 Å². The molecule has 0 heterocycles. The van der Waals surface area contributed by atoms with Crippen molar-refractivity contribution in [3.05, 3.63) is 59.8 Å². The number of hydrogen-bond acceptors (Lipinski definition) is 1. The lowest BCUT2D eigenvalue weighted by molar-refractivity contribution is 0.255. The molecule has 0 N–H and O–H groups in total. The predicted octanol–water partition coefficient (Wildman–Crippen LogP) is 14.2. The van der Waals surface area contributed by atoms with Gasteiger partial charge in [0.25, 0.3) is 0 Å². The highest BCUT2D eigenvalue weighted by molar-refractivity contribution is 5.09. The number of unbranched alkanes of at least 4 members (excludes halogenated alkanes) is 3. The Hall–Kier alpha value is -1.34. The lowest BCUT2D eigenvalue weighted by Gasteiger charge is -2.25. The molecule has 1 aliphatic carbocycles. The lowest BCUT2D eigenvalue weighted by atomic mass is 9.85. The largest absolute Gasteiger partial charge is 0.303 e. The van der Waals surface area contributed by atoms with Crippen LogP contribution in [0.4, 0.5) is 0 Å². The molecule has 1 heteroatoms. The van der Waals surface area contributed by atoms with Crippen molar-refractivity contribution >= 4 is 0 Å². The summed E-state index contributed by atoms with van der Waals surface area (Å²) in [6.07, 6.45) is 37.4. The van der Waals surface area contributed by atoms with E-state index in [4.69, 9.17) is 0 Å². The Morgan fingerprint density at radius 1 is 0.884 bits per heavy atom. The molecule has 2 unspecified atom stereocenters. The Labute approximate surface area is 273 Å². The third-order valence-corrected chi connectivity index (χ3v) is 8.76. The second kappa shape index (κ2) is 33.6. The molecule has 0 bridgehead atoms. The predicted molar refractivity (Wildman–Crippen MR) is 201 cm³/mol. The third-order valence-electron chi connectivity index (χ3n) is 8.76. The van der Waals surface area contributed by atoms with Crippen LogP contribution in [0.3, 0.4) is 0 Å². The average Bonchev–Trinajstić information content (AvgIpc) is 3.04. The maximum absolute atomic E-state index is 4.49. The maximum Gasteiger partial charge on any atom is -0.00157 e. The molecule has 0 aliphatic heterocycles. The molecule has 43 heavy (non-hydrogen) atoms. The van der Waals surface area contributed by atoms with Crippen LogP contribution in [0.1, 0.15) is 178 Å². The fourth-order valence-corrected chi connectivity index (χ4v) is 5.90. The third kappa shape index (κ3) is 25.7. The SMILES string of the molecule is C=C(CCCN(CCCC)CCCCC1CC=C(CC/C=C(\C)CC/C=C/C)CC1)C(CC)C/C=C/CCC.CC.CC. The van der Waals surface area contributed by atoms with E-state index in [1.807, 2.05) is 27.7 Å². The summed E-state index contributed by atoms with van der Waals surface area (Å²) in [5.74, 6) is 1.60. The molecule has 0 saturated carbocycles. The van der Waals surface area contributed by atoms with E-state index in [9.17, 15) is 0 Å². The summed E-state index contributed by atoms with van der Waals surface area (Å²) in [4.78, 5) is 2.76. The molecule has 0 spiro atoms. The van der Waals surface area contributed by atoms with E-state index in [0.717, 1.165) is 5.92 Å². The van der Waals surface area contributed by atoms with E-state index in [1.165, 1.54) is 141 Å². The minimum atomic E-state index is 0.668. The van der Waals surface area contributed by atoms with Crippen LogP contribution in [-0.4, -0.2) is 24.5 Å². The van der Waals surface area contributed by atoms with Crippen molar-refractivity contribution in [1.29, 1.82) is 0 Å². The zero-order valence-corrected chi connectivity index (χ0v) is 31.1. The van der Waals surface area contributed by atoms with Crippen LogP contribution in [0.15, 0.2) is 59.8 Å². The summed E-state index contributed by atoms with van der Waals surface area (Å²) >= 11 is 0. The van der Waals surface area contributed by atoms with E-state index >= 15 is 0 Å². The number of hydrogen-bond donors (Lipinski definition) is 0. The van der Waals surface area contributed by atoms with E-state index in [-0.39, 0.29) is 0 Å². The molecule has 1 nitrogen and oxygen atoms in total. The van der Waals surface area contributed by atoms with Crippen molar-refractivity contribution in [2.75, 3.05) is 19.6 Å². The molecule has 0 aromatic heterocycles. The maximum atomic E-state index is 4.49. The topological polar surface area (TPSA) is 3.24 Å². The van der Waals surface area contributed by atoms with Gasteiger partial charge < -0.3 is 4.90 Å². The molecule has 0 amide bonds. The summed E-state index contributed by atoms with van der Waals surface area (Å²) < 4.78 is 0. The van der Waals surface area contributed by atoms with E-state index in [0.29, 0.717) is 5.92 Å². The van der Waals surface area contributed by atoms with Crippen molar-refractivity contribution in [1.82, 2.24) is 4.90 Å². The number of rotatable bonds is 24. The molecule has 1 rings (SSSR count). The fourth-order valence-electron chi connectivity index (χ4n) is 5.90. The number of allylic oxidation sites excluding steroid dienone is 9. The Bertz CT molecular complexity index is 721. The van der Waals surface area contributed by atoms with E-state index < -0.39 is 0 Å². The first-order valence-corrected chi connectivity index (χ1v) is 19.0. The van der Waals surface area contributed by atoms with Crippen LogP contribution < -0.4 is 0 Å². The van der Waals surface area contributed by atoms with Gasteiger partial charge in [0, 0.05) is 0 Å². The molecule has 1 aliphatic rings. The smallest absolute Gasteiger partial charge is 0.00157 e. The van der Waals surface area contributed by atoms with Gasteiger partial charge in [0.2, 0.25) is 0 Å². The molecular weight excluding hydrogens is 518 g/mol. The van der Waals surface area contributed by atoms with Crippen LogP contribution in [0.25, 0.3) is 0 Å². The van der Waals surface area contributed by atoms with Crippen LogP contribution in [0.5, 0.6) is 0 Å². The molecule has 0 fully saturated rings. The second-order valence-electron chi connectivity index (χ2n) is 12.3. The Morgan fingerprint density at radius 2 is 1.60 bits per heavy atom. The normalized spacial score (nSPS) is 16.1. The number of nitrogens with zero attached hydrogens (tertiary/aromatic N) is 1. The highest BCUT2D eigenvalue weighted by Gasteiger charge is 2.15. The average molecular weight is 598 g/mol. The summed E-state index contributed by atoms with van der Waals surface area (Å²) in [5.41, 5.74) is 4.76. The van der Waals surface area contributed by atoms with Crippen LogP contribution in [-0.2, 0) is 0 Å². The van der Waals surface area contributed by atoms with Gasteiger partial charge in [-0.1, -0.05) is 134 Å². The van der Waals surface area contributed by atoms with Crippen molar-refractivity contribution in [2.24, 2.45) is 11.8 Å². The van der Waals surface area contributed by atoms with Gasteiger partial charge in [0.05, 0.1) is 0 Å². The summed E-state index contributed by atoms with van der Waals surface area (Å²) in [6, 6.07) is 0. The Balaban J connectivity index is 0. The van der Waals surface area contributed by atoms with E-state index in [1.54, 1.807) is 11.1 Å². The van der Waals surface area contributed by atoms with Gasteiger partial charge in [0.15, 0.2) is 0 Å². The summed E-state index contributed by atoms with van der Waals surface area (Å²) in [5, 5.41) is 0. The summed E-state index contributed by atoms with van der Waals surface area (Å²) in [6.45, 7) is 27.6. The first-order chi connectivity index (χ1) is 21.0. The molecular formula is C42H79N. The Morgan fingerprint density at radius 3 is 2.23 bits per heavy atom. The monoisotopic (exact) mass is 598 g/mol. The van der Waals surface area contributed by atoms with Gasteiger partial charge in [-0.15, -0.1) is 0 Å². The molecule has 0 saturated heterocycles. The van der Waals surface area contributed by atoms with Gasteiger partial charge in [-0.25, -0.2) is 0 Å². The second-order valence-corrected chi connectivity index (χ2v) is 12.3. The first kappa shape index (κ1) is 43.8. The van der Waals surface area contributed by atoms with Crippen molar-refractivity contribution in [3.63, 3.8) is 0 Å². The van der Waals surface area contributed by atoms with Gasteiger partial charge in [-0.05, 0) is 135 Å². The lowest BCUT2D eigenvalue weighted by Crippen LogP contribution is -2.27. The minimum Gasteiger partial charge on any atom is -0.303 e. The van der Waals surface area contributed by atoms with Crippen molar-refractivity contribution < 1.29 is 0 Å². The van der Waals surface area contributed by atoms with Gasteiger partial charge in [0.1, 0.15) is 0 Å². The van der Waals surface area contributed by atoms with Crippen LogP contribution in [0.2, 0.25) is 0 Å². The Kier molecular flexibility index (Phi) is 34.2. The first-order valence-electron chi connectivity index (χ1n) is 19.0. The molecule has 0 aromatic rings. The minimum absolute atomic E-state index is 0.668.